The lowest BCUT2D eigenvalue weighted by Gasteiger charge is -2.14. The normalized spacial score (nSPS) is 30.1. The molecule has 1 saturated carbocycles. The number of hydrogen-bond donors (Lipinski definition) is 1. The first kappa shape index (κ1) is 10.5. The first-order chi connectivity index (χ1) is 6.13. The molecule has 13 heavy (non-hydrogen) atoms. The van der Waals surface area contributed by atoms with Gasteiger partial charge in [0.2, 0.25) is 0 Å². The van der Waals surface area contributed by atoms with E-state index in [0.717, 1.165) is 12.3 Å². The average Bonchev–Trinajstić information content (AvgIpc) is 2.49. The Morgan fingerprint density at radius 2 is 2.31 bits per heavy atom. The number of esters is 1. The van der Waals surface area contributed by atoms with Crippen molar-refractivity contribution < 1.29 is 9.53 Å². The molecule has 0 aromatic heterocycles. The summed E-state index contributed by atoms with van der Waals surface area (Å²) in [4.78, 5) is 11.0. The summed E-state index contributed by atoms with van der Waals surface area (Å²) in [7, 11) is 1.39. The van der Waals surface area contributed by atoms with E-state index in [1.54, 1.807) is 0 Å². The van der Waals surface area contributed by atoms with Gasteiger partial charge in [0.15, 0.2) is 0 Å². The van der Waals surface area contributed by atoms with E-state index in [0.29, 0.717) is 5.92 Å². The maximum absolute atomic E-state index is 11.0. The van der Waals surface area contributed by atoms with Crippen LogP contribution < -0.4 is 5.73 Å². The summed E-state index contributed by atoms with van der Waals surface area (Å²) in [5.74, 6) is 1.15. The predicted octanol–water partition coefficient (Wildman–Crippen LogP) is 1.31. The van der Waals surface area contributed by atoms with Gasteiger partial charge in [0.25, 0.3) is 0 Å². The molecule has 0 unspecified atom stereocenters. The van der Waals surface area contributed by atoms with Gasteiger partial charge in [0.05, 0.1) is 7.11 Å². The van der Waals surface area contributed by atoms with Gasteiger partial charge in [-0.1, -0.05) is 19.8 Å². The second kappa shape index (κ2) is 4.61. The molecular formula is C10H19NO2. The summed E-state index contributed by atoms with van der Waals surface area (Å²) in [6.07, 6.45) is 4.49. The second-order valence-corrected chi connectivity index (χ2v) is 4.15. The Morgan fingerprint density at radius 3 is 2.77 bits per heavy atom. The molecule has 2 N–H and O–H groups in total. The maximum Gasteiger partial charge on any atom is 0.322 e. The molecule has 0 saturated heterocycles. The minimum absolute atomic E-state index is 0.278. The summed E-state index contributed by atoms with van der Waals surface area (Å²) in [6, 6.07) is -0.416. The minimum Gasteiger partial charge on any atom is -0.468 e. The fourth-order valence-electron chi connectivity index (χ4n) is 2.15. The van der Waals surface area contributed by atoms with Crippen LogP contribution in [0.15, 0.2) is 0 Å². The molecule has 0 aromatic rings. The number of carbonyl (C=O) groups is 1. The van der Waals surface area contributed by atoms with Gasteiger partial charge in [-0.05, 0) is 24.7 Å². The van der Waals surface area contributed by atoms with Crippen LogP contribution in [0, 0.1) is 11.8 Å². The second-order valence-electron chi connectivity index (χ2n) is 4.15. The lowest BCUT2D eigenvalue weighted by atomic mass is 9.98. The molecule has 76 valence electrons. The van der Waals surface area contributed by atoms with Crippen molar-refractivity contribution in [2.75, 3.05) is 7.11 Å². The minimum atomic E-state index is -0.416. The highest BCUT2D eigenvalue weighted by atomic mass is 16.5. The van der Waals surface area contributed by atoms with Crippen molar-refractivity contribution in [2.24, 2.45) is 17.6 Å². The highest BCUT2D eigenvalue weighted by Crippen LogP contribution is 2.33. The molecule has 0 aliphatic heterocycles. The Hall–Kier alpha value is -0.570. The van der Waals surface area contributed by atoms with E-state index >= 15 is 0 Å². The molecule has 0 heterocycles. The Bertz CT molecular complexity index is 182. The number of ether oxygens (including phenoxy) is 1. The van der Waals surface area contributed by atoms with Gasteiger partial charge in [0, 0.05) is 0 Å². The molecule has 0 radical (unpaired) electrons. The molecule has 1 fully saturated rings. The molecule has 3 nitrogen and oxygen atoms in total. The third-order valence-electron chi connectivity index (χ3n) is 2.89. The van der Waals surface area contributed by atoms with Crippen LogP contribution in [0.1, 0.15) is 32.6 Å². The van der Waals surface area contributed by atoms with E-state index < -0.39 is 6.04 Å². The molecule has 0 aromatic carbocycles. The zero-order valence-corrected chi connectivity index (χ0v) is 8.45. The van der Waals surface area contributed by atoms with Crippen LogP contribution in [0.4, 0.5) is 0 Å². The standard InChI is InChI=1S/C10H19NO2/c1-7-3-4-8(5-7)6-9(11)10(12)13-2/h7-9H,3-6,11H2,1-2H3/t7-,8+,9-/m0/s1. The summed E-state index contributed by atoms with van der Waals surface area (Å²) in [5, 5.41) is 0. The number of hydrogen-bond acceptors (Lipinski definition) is 3. The predicted molar refractivity (Wildman–Crippen MR) is 51.1 cm³/mol. The van der Waals surface area contributed by atoms with Gasteiger partial charge >= 0.3 is 5.97 Å². The first-order valence-corrected chi connectivity index (χ1v) is 4.97. The highest BCUT2D eigenvalue weighted by molar-refractivity contribution is 5.75. The maximum atomic E-state index is 11.0. The van der Waals surface area contributed by atoms with Gasteiger partial charge in [-0.25, -0.2) is 0 Å². The van der Waals surface area contributed by atoms with Gasteiger partial charge < -0.3 is 10.5 Å². The largest absolute Gasteiger partial charge is 0.468 e. The number of rotatable bonds is 3. The topological polar surface area (TPSA) is 52.3 Å². The van der Waals surface area contributed by atoms with Crippen molar-refractivity contribution in [1.82, 2.24) is 0 Å². The van der Waals surface area contributed by atoms with Gasteiger partial charge in [-0.2, -0.15) is 0 Å². The van der Waals surface area contributed by atoms with E-state index in [-0.39, 0.29) is 5.97 Å². The first-order valence-electron chi connectivity index (χ1n) is 4.97. The Balaban J connectivity index is 2.28. The smallest absolute Gasteiger partial charge is 0.322 e. The van der Waals surface area contributed by atoms with E-state index in [4.69, 9.17) is 5.73 Å². The van der Waals surface area contributed by atoms with Crippen molar-refractivity contribution in [3.8, 4) is 0 Å². The molecule has 1 rings (SSSR count). The fraction of sp³-hybridized carbons (Fsp3) is 0.900. The van der Waals surface area contributed by atoms with Crippen LogP contribution in [-0.2, 0) is 9.53 Å². The average molecular weight is 185 g/mol. The summed E-state index contributed by atoms with van der Waals surface area (Å²) in [6.45, 7) is 2.25. The third-order valence-corrected chi connectivity index (χ3v) is 2.89. The summed E-state index contributed by atoms with van der Waals surface area (Å²) in [5.41, 5.74) is 5.68. The van der Waals surface area contributed by atoms with Crippen molar-refractivity contribution >= 4 is 5.97 Å². The lowest BCUT2D eigenvalue weighted by molar-refractivity contribution is -0.142. The molecule has 0 amide bonds. The van der Waals surface area contributed by atoms with Gasteiger partial charge in [-0.3, -0.25) is 4.79 Å². The van der Waals surface area contributed by atoms with Crippen molar-refractivity contribution in [1.29, 1.82) is 0 Å². The fourth-order valence-corrected chi connectivity index (χ4v) is 2.15. The van der Waals surface area contributed by atoms with Crippen LogP contribution >= 0.6 is 0 Å². The van der Waals surface area contributed by atoms with E-state index in [9.17, 15) is 4.79 Å². The van der Waals surface area contributed by atoms with Crippen molar-refractivity contribution in [2.45, 2.75) is 38.6 Å². The van der Waals surface area contributed by atoms with Crippen LogP contribution in [0.3, 0.4) is 0 Å². The van der Waals surface area contributed by atoms with E-state index in [2.05, 4.69) is 11.7 Å². The number of nitrogens with two attached hydrogens (primary N) is 1. The van der Waals surface area contributed by atoms with Crippen molar-refractivity contribution in [3.05, 3.63) is 0 Å². The Kier molecular flexibility index (Phi) is 3.72. The Labute approximate surface area is 79.6 Å². The zero-order valence-electron chi connectivity index (χ0n) is 8.45. The van der Waals surface area contributed by atoms with Crippen LogP contribution in [-0.4, -0.2) is 19.1 Å². The molecule has 0 bridgehead atoms. The lowest BCUT2D eigenvalue weighted by Crippen LogP contribution is -2.33. The van der Waals surface area contributed by atoms with E-state index in [1.165, 1.54) is 26.4 Å². The monoisotopic (exact) mass is 185 g/mol. The van der Waals surface area contributed by atoms with Crippen LogP contribution in [0.25, 0.3) is 0 Å². The van der Waals surface area contributed by atoms with Gasteiger partial charge in [0.1, 0.15) is 6.04 Å². The SMILES string of the molecule is COC(=O)[C@@H](N)C[C@@H]1CC[C@H](C)C1. The molecule has 1 aliphatic carbocycles. The molecular weight excluding hydrogens is 166 g/mol. The Morgan fingerprint density at radius 1 is 1.62 bits per heavy atom. The molecule has 1 aliphatic rings. The third kappa shape index (κ3) is 2.99. The quantitative estimate of drug-likeness (QED) is 0.674. The molecule has 3 atom stereocenters. The van der Waals surface area contributed by atoms with Crippen LogP contribution in [0.5, 0.6) is 0 Å². The van der Waals surface area contributed by atoms with Gasteiger partial charge in [-0.15, -0.1) is 0 Å². The summed E-state index contributed by atoms with van der Waals surface area (Å²) < 4.78 is 4.59. The molecule has 0 spiro atoms. The highest BCUT2D eigenvalue weighted by Gasteiger charge is 2.25. The number of carbonyl (C=O) groups excluding carboxylic acids is 1. The zero-order chi connectivity index (χ0) is 9.84. The molecule has 3 heteroatoms. The number of methoxy groups -OCH3 is 1. The van der Waals surface area contributed by atoms with Crippen molar-refractivity contribution in [3.63, 3.8) is 0 Å². The van der Waals surface area contributed by atoms with Crippen LogP contribution in [0.2, 0.25) is 0 Å². The van der Waals surface area contributed by atoms with E-state index in [1.807, 2.05) is 0 Å². The summed E-state index contributed by atoms with van der Waals surface area (Å²) >= 11 is 0.